The van der Waals surface area contributed by atoms with Crippen LogP contribution in [-0.2, 0) is 21.9 Å². The Balaban J connectivity index is 1.42. The summed E-state index contributed by atoms with van der Waals surface area (Å²) in [5, 5.41) is 2.57. The van der Waals surface area contributed by atoms with Crippen LogP contribution in [-0.4, -0.2) is 77.9 Å². The molecule has 0 aliphatic carbocycles. The van der Waals surface area contributed by atoms with E-state index in [2.05, 4.69) is 11.9 Å². The van der Waals surface area contributed by atoms with Crippen LogP contribution in [0.2, 0.25) is 0 Å². The van der Waals surface area contributed by atoms with Crippen molar-refractivity contribution in [1.82, 2.24) is 20.0 Å². The maximum atomic E-state index is 14.2. The monoisotopic (exact) mass is 663 g/mol. The minimum atomic E-state index is -4.76. The first-order valence-corrected chi connectivity index (χ1v) is 15.2. The summed E-state index contributed by atoms with van der Waals surface area (Å²) in [6.45, 7) is 8.10. The molecule has 2 aromatic carbocycles. The van der Waals surface area contributed by atoms with Crippen molar-refractivity contribution in [3.05, 3.63) is 89.1 Å². The van der Waals surface area contributed by atoms with Gasteiger partial charge in [-0.05, 0) is 42.2 Å². The van der Waals surface area contributed by atoms with Crippen LogP contribution in [0.3, 0.4) is 0 Å². The van der Waals surface area contributed by atoms with E-state index in [1.165, 1.54) is 40.1 Å². The van der Waals surface area contributed by atoms with E-state index >= 15 is 0 Å². The van der Waals surface area contributed by atoms with Crippen molar-refractivity contribution in [2.45, 2.75) is 44.7 Å². The molecule has 0 bridgehead atoms. The summed E-state index contributed by atoms with van der Waals surface area (Å²) in [4.78, 5) is 47.4. The average molecular weight is 664 g/mol. The maximum Gasteiger partial charge on any atom is 0.416 e. The van der Waals surface area contributed by atoms with Crippen molar-refractivity contribution in [1.29, 1.82) is 0 Å². The van der Waals surface area contributed by atoms with Crippen molar-refractivity contribution < 1.29 is 40.7 Å². The molecule has 2 aromatic rings. The van der Waals surface area contributed by atoms with E-state index in [1.54, 1.807) is 15.9 Å². The van der Waals surface area contributed by atoms with E-state index in [9.17, 15) is 40.7 Å². The van der Waals surface area contributed by atoms with Gasteiger partial charge in [0.25, 0.3) is 5.91 Å². The van der Waals surface area contributed by atoms with Crippen LogP contribution in [0.15, 0.2) is 72.5 Å². The smallest absolute Gasteiger partial charge is 0.368 e. The molecule has 5 rings (SSSR count). The Kier molecular flexibility index (Phi) is 9.33. The molecule has 1 saturated heterocycles. The van der Waals surface area contributed by atoms with Gasteiger partial charge in [-0.15, -0.1) is 6.58 Å². The van der Waals surface area contributed by atoms with Crippen LogP contribution in [0.1, 0.15) is 43.0 Å². The van der Waals surface area contributed by atoms with Gasteiger partial charge >= 0.3 is 18.4 Å². The second-order valence-corrected chi connectivity index (χ2v) is 12.2. The Morgan fingerprint density at radius 1 is 0.979 bits per heavy atom. The second-order valence-electron chi connectivity index (χ2n) is 12.2. The van der Waals surface area contributed by atoms with Crippen LogP contribution < -0.4 is 10.2 Å². The predicted molar refractivity (Wildman–Crippen MR) is 162 cm³/mol. The van der Waals surface area contributed by atoms with E-state index in [1.807, 2.05) is 13.8 Å². The molecule has 2 atom stereocenters. The van der Waals surface area contributed by atoms with Gasteiger partial charge < -0.3 is 20.0 Å². The van der Waals surface area contributed by atoms with E-state index in [-0.39, 0.29) is 74.3 Å². The van der Waals surface area contributed by atoms with E-state index in [0.29, 0.717) is 5.69 Å². The van der Waals surface area contributed by atoms with Crippen LogP contribution in [0.4, 0.5) is 36.8 Å². The van der Waals surface area contributed by atoms with Gasteiger partial charge in [0.2, 0.25) is 5.91 Å². The highest BCUT2D eigenvalue weighted by atomic mass is 19.4. The highest BCUT2D eigenvalue weighted by Gasteiger charge is 2.49. The van der Waals surface area contributed by atoms with Crippen LogP contribution in [0.25, 0.3) is 0 Å². The summed E-state index contributed by atoms with van der Waals surface area (Å²) >= 11 is 0. The van der Waals surface area contributed by atoms with Crippen molar-refractivity contribution in [3.63, 3.8) is 0 Å². The first-order chi connectivity index (χ1) is 22.1. The number of alkyl halides is 6. The zero-order chi connectivity index (χ0) is 34.3. The molecule has 0 saturated carbocycles. The number of urea groups is 1. The molecule has 3 heterocycles. The summed E-state index contributed by atoms with van der Waals surface area (Å²) < 4.78 is 82.0. The lowest BCUT2D eigenvalue weighted by Crippen LogP contribution is -2.56. The fourth-order valence-corrected chi connectivity index (χ4v) is 6.41. The SMILES string of the molecule is C=CCN1C(=O)NC(c2ccccc2C(F)(F)F)C2=C1CN(C(CC(C)C)C(=O)N1CCN(c3cccc(C(F)(F)F)c3)CC1)C2=O. The molecule has 4 amide bonds. The highest BCUT2D eigenvalue weighted by Crippen LogP contribution is 2.42. The summed E-state index contributed by atoms with van der Waals surface area (Å²) in [5.74, 6) is -1.10. The Morgan fingerprint density at radius 3 is 2.28 bits per heavy atom. The highest BCUT2D eigenvalue weighted by molar-refractivity contribution is 6.03. The van der Waals surface area contributed by atoms with Crippen LogP contribution in [0.5, 0.6) is 0 Å². The lowest BCUT2D eigenvalue weighted by Gasteiger charge is -2.39. The van der Waals surface area contributed by atoms with Crippen molar-refractivity contribution in [2.24, 2.45) is 5.92 Å². The van der Waals surface area contributed by atoms with Gasteiger partial charge in [0.1, 0.15) is 6.04 Å². The van der Waals surface area contributed by atoms with Crippen molar-refractivity contribution >= 4 is 23.5 Å². The number of carbonyl (C=O) groups excluding carboxylic acids is 3. The number of hydrogen-bond acceptors (Lipinski definition) is 4. The lowest BCUT2D eigenvalue weighted by atomic mass is 9.91. The van der Waals surface area contributed by atoms with Crippen LogP contribution in [0, 0.1) is 5.92 Å². The fraction of sp³-hybridized carbons (Fsp3) is 0.424. The minimum absolute atomic E-state index is 0.0142. The van der Waals surface area contributed by atoms with E-state index < -0.39 is 47.5 Å². The number of anilines is 1. The van der Waals surface area contributed by atoms with Gasteiger partial charge in [0.05, 0.1) is 35.0 Å². The summed E-state index contributed by atoms with van der Waals surface area (Å²) in [6.07, 6.45) is -7.58. The van der Waals surface area contributed by atoms with Crippen molar-refractivity contribution in [2.75, 3.05) is 44.2 Å². The van der Waals surface area contributed by atoms with E-state index in [4.69, 9.17) is 0 Å². The number of amides is 4. The molecule has 14 heteroatoms. The number of piperazine rings is 1. The number of nitrogens with one attached hydrogen (secondary N) is 1. The molecule has 47 heavy (non-hydrogen) atoms. The standard InChI is InChI=1S/C33H35F6N5O3/c1-4-12-43-26-19-44(30(46)27(26)28(40-31(43)47)23-10-5-6-11-24(23)33(37,38)39)25(17-20(2)3)29(45)42-15-13-41(14-16-42)22-9-7-8-21(18-22)32(34,35)36/h4-11,18,20,25,28H,1,12-17,19H2,2-3H3,(H,40,47). The number of nitrogens with zero attached hydrogens (tertiary/aromatic N) is 4. The Bertz CT molecular complexity index is 1580. The fourth-order valence-electron chi connectivity index (χ4n) is 6.41. The first kappa shape index (κ1) is 33.9. The number of halogens is 6. The largest absolute Gasteiger partial charge is 0.416 e. The van der Waals surface area contributed by atoms with Gasteiger partial charge in [-0.25, -0.2) is 4.79 Å². The molecule has 8 nitrogen and oxygen atoms in total. The molecule has 3 aliphatic heterocycles. The van der Waals surface area contributed by atoms with Crippen LogP contribution >= 0.6 is 0 Å². The molecule has 1 fully saturated rings. The van der Waals surface area contributed by atoms with Gasteiger partial charge in [-0.3, -0.25) is 14.5 Å². The third-order valence-corrected chi connectivity index (χ3v) is 8.62. The topological polar surface area (TPSA) is 76.2 Å². The molecular formula is C33H35F6N5O3. The van der Waals surface area contributed by atoms with Gasteiger partial charge in [-0.1, -0.05) is 44.2 Å². The number of rotatable bonds is 8. The molecule has 0 aromatic heterocycles. The molecule has 252 valence electrons. The van der Waals surface area contributed by atoms with Crippen molar-refractivity contribution in [3.8, 4) is 0 Å². The molecule has 3 aliphatic rings. The Morgan fingerprint density at radius 2 is 1.66 bits per heavy atom. The molecule has 2 unspecified atom stereocenters. The number of benzene rings is 2. The summed E-state index contributed by atoms with van der Waals surface area (Å²) in [5.41, 5.74) is -1.51. The lowest BCUT2D eigenvalue weighted by molar-refractivity contribution is -0.144. The predicted octanol–water partition coefficient (Wildman–Crippen LogP) is 5.84. The molecule has 0 spiro atoms. The zero-order valence-electron chi connectivity index (χ0n) is 25.9. The Labute approximate surface area is 268 Å². The summed E-state index contributed by atoms with van der Waals surface area (Å²) in [7, 11) is 0. The normalized spacial score (nSPS) is 19.7. The first-order valence-electron chi connectivity index (χ1n) is 15.2. The molecular weight excluding hydrogens is 628 g/mol. The summed E-state index contributed by atoms with van der Waals surface area (Å²) in [6, 6.07) is 6.60. The third-order valence-electron chi connectivity index (χ3n) is 8.62. The van der Waals surface area contributed by atoms with Gasteiger partial charge in [-0.2, -0.15) is 26.3 Å². The van der Waals surface area contributed by atoms with E-state index in [0.717, 1.165) is 18.2 Å². The quantitative estimate of drug-likeness (QED) is 0.285. The third kappa shape index (κ3) is 6.82. The molecule has 1 N–H and O–H groups in total. The van der Waals surface area contributed by atoms with Gasteiger partial charge in [0.15, 0.2) is 0 Å². The number of carbonyl (C=O) groups is 3. The molecule has 0 radical (unpaired) electrons. The minimum Gasteiger partial charge on any atom is -0.368 e. The Hall–Kier alpha value is -4.49. The van der Waals surface area contributed by atoms with Gasteiger partial charge in [0, 0.05) is 38.4 Å². The zero-order valence-corrected chi connectivity index (χ0v) is 25.9. The maximum absolute atomic E-state index is 14.2. The number of hydrogen-bond donors (Lipinski definition) is 1. The average Bonchev–Trinajstić information content (AvgIpc) is 3.36. The second kappa shape index (κ2) is 13.0.